The van der Waals surface area contributed by atoms with E-state index < -0.39 is 0 Å². The third-order valence-electron chi connectivity index (χ3n) is 3.44. The van der Waals surface area contributed by atoms with Crippen molar-refractivity contribution in [2.45, 2.75) is 13.0 Å². The van der Waals surface area contributed by atoms with Crippen molar-refractivity contribution in [2.75, 3.05) is 7.11 Å². The van der Waals surface area contributed by atoms with E-state index in [1.54, 1.807) is 18.2 Å². The molecule has 3 rings (SSSR count). The van der Waals surface area contributed by atoms with Crippen LogP contribution in [0.3, 0.4) is 0 Å². The number of halogens is 1. The van der Waals surface area contributed by atoms with E-state index in [0.29, 0.717) is 40.2 Å². The molecule has 128 valence electrons. The Kier molecular flexibility index (Phi) is 5.30. The van der Waals surface area contributed by atoms with Gasteiger partial charge in [-0.05, 0) is 35.9 Å². The molecule has 6 nitrogen and oxygen atoms in total. The average molecular weight is 359 g/mol. The van der Waals surface area contributed by atoms with E-state index >= 15 is 0 Å². The van der Waals surface area contributed by atoms with Gasteiger partial charge in [-0.15, -0.1) is 0 Å². The van der Waals surface area contributed by atoms with Gasteiger partial charge in [-0.1, -0.05) is 28.9 Å². The molecule has 0 radical (unpaired) electrons. The Balaban J connectivity index is 1.65. The van der Waals surface area contributed by atoms with Gasteiger partial charge in [0.2, 0.25) is 0 Å². The smallest absolute Gasteiger partial charge is 0.264 e. The van der Waals surface area contributed by atoms with E-state index in [9.17, 15) is 4.79 Å². The van der Waals surface area contributed by atoms with Gasteiger partial charge in [-0.25, -0.2) is 0 Å². The highest BCUT2D eigenvalue weighted by molar-refractivity contribution is 6.30. The summed E-state index contributed by atoms with van der Waals surface area (Å²) in [6.07, 6.45) is 1.26. The van der Waals surface area contributed by atoms with E-state index in [1.165, 1.54) is 7.11 Å². The number of aromatic nitrogens is 2. The highest BCUT2D eigenvalue weighted by Gasteiger charge is 2.11. The Hall–Kier alpha value is -2.86. The van der Waals surface area contributed by atoms with Gasteiger partial charge < -0.3 is 14.0 Å². The third kappa shape index (κ3) is 4.36. The van der Waals surface area contributed by atoms with Gasteiger partial charge in [0.25, 0.3) is 5.89 Å². The second-order valence-corrected chi connectivity index (χ2v) is 5.66. The molecule has 0 saturated carbocycles. The van der Waals surface area contributed by atoms with E-state index in [2.05, 4.69) is 10.1 Å². The fourth-order valence-corrected chi connectivity index (χ4v) is 2.48. The first-order chi connectivity index (χ1) is 12.2. The maximum atomic E-state index is 10.8. The highest BCUT2D eigenvalue weighted by Crippen LogP contribution is 2.28. The number of nitrogens with zero attached hydrogens (tertiary/aromatic N) is 2. The Morgan fingerprint density at radius 2 is 2.08 bits per heavy atom. The van der Waals surface area contributed by atoms with Crippen molar-refractivity contribution in [1.82, 2.24) is 10.1 Å². The molecule has 0 atom stereocenters. The summed E-state index contributed by atoms with van der Waals surface area (Å²) in [6.45, 7) is 0.0966. The standard InChI is InChI=1S/C18H15ClN2O4/c1-23-16-8-13(10-22)5-6-15(16)24-11-18-20-17(21-25-18)9-12-3-2-4-14(19)7-12/h2-8,10H,9,11H2,1H3. The van der Waals surface area contributed by atoms with Crippen molar-refractivity contribution in [2.24, 2.45) is 0 Å². The van der Waals surface area contributed by atoms with Crippen LogP contribution in [0.1, 0.15) is 27.6 Å². The molecule has 0 saturated heterocycles. The molecule has 0 spiro atoms. The number of hydrogen-bond donors (Lipinski definition) is 0. The van der Waals surface area contributed by atoms with E-state index in [0.717, 1.165) is 11.8 Å². The molecule has 3 aromatic rings. The fourth-order valence-electron chi connectivity index (χ4n) is 2.27. The van der Waals surface area contributed by atoms with Gasteiger partial charge in [0.15, 0.2) is 23.9 Å². The van der Waals surface area contributed by atoms with Crippen LogP contribution in [0, 0.1) is 0 Å². The van der Waals surface area contributed by atoms with Crippen LogP contribution in [0.4, 0.5) is 0 Å². The Bertz CT molecular complexity index is 879. The Morgan fingerprint density at radius 3 is 2.84 bits per heavy atom. The zero-order valence-corrected chi connectivity index (χ0v) is 14.2. The predicted octanol–water partition coefficient (Wildman–Crippen LogP) is 3.71. The number of methoxy groups -OCH3 is 1. The lowest BCUT2D eigenvalue weighted by atomic mass is 10.1. The summed E-state index contributed by atoms with van der Waals surface area (Å²) in [5.41, 5.74) is 1.50. The lowest BCUT2D eigenvalue weighted by Gasteiger charge is -2.09. The molecule has 2 aromatic carbocycles. The van der Waals surface area contributed by atoms with Crippen LogP contribution in [0.25, 0.3) is 0 Å². The number of benzene rings is 2. The minimum atomic E-state index is 0.0966. The van der Waals surface area contributed by atoms with E-state index in [4.69, 9.17) is 25.6 Å². The fraction of sp³-hybridized carbons (Fsp3) is 0.167. The topological polar surface area (TPSA) is 74.5 Å². The molecular weight excluding hydrogens is 344 g/mol. The van der Waals surface area contributed by atoms with Crippen molar-refractivity contribution < 1.29 is 18.8 Å². The molecule has 0 unspecified atom stereocenters. The zero-order chi connectivity index (χ0) is 17.6. The Labute approximate surface area is 149 Å². The summed E-state index contributed by atoms with van der Waals surface area (Å²) >= 11 is 5.97. The first-order valence-electron chi connectivity index (χ1n) is 7.50. The quantitative estimate of drug-likeness (QED) is 0.599. The SMILES string of the molecule is COc1cc(C=O)ccc1OCc1nc(Cc2cccc(Cl)c2)no1. The van der Waals surface area contributed by atoms with Gasteiger partial charge in [-0.2, -0.15) is 4.98 Å². The Morgan fingerprint density at radius 1 is 1.20 bits per heavy atom. The van der Waals surface area contributed by atoms with Gasteiger partial charge >= 0.3 is 0 Å². The van der Waals surface area contributed by atoms with Gasteiger partial charge in [0.05, 0.1) is 7.11 Å². The molecule has 7 heteroatoms. The minimum absolute atomic E-state index is 0.0966. The summed E-state index contributed by atoms with van der Waals surface area (Å²) in [5, 5.41) is 4.60. The van der Waals surface area contributed by atoms with Crippen LogP contribution >= 0.6 is 11.6 Å². The van der Waals surface area contributed by atoms with Crippen LogP contribution in [0.15, 0.2) is 47.0 Å². The van der Waals surface area contributed by atoms with Crippen LogP contribution in [-0.2, 0) is 13.0 Å². The summed E-state index contributed by atoms with van der Waals surface area (Å²) < 4.78 is 16.0. The molecule has 0 aliphatic heterocycles. The molecule has 0 bridgehead atoms. The summed E-state index contributed by atoms with van der Waals surface area (Å²) in [6, 6.07) is 12.4. The monoisotopic (exact) mass is 358 g/mol. The van der Waals surface area contributed by atoms with Crippen molar-refractivity contribution in [3.63, 3.8) is 0 Å². The first kappa shape index (κ1) is 17.0. The van der Waals surface area contributed by atoms with Crippen molar-refractivity contribution >= 4 is 17.9 Å². The third-order valence-corrected chi connectivity index (χ3v) is 3.67. The van der Waals surface area contributed by atoms with Crippen molar-refractivity contribution in [3.05, 3.63) is 70.3 Å². The van der Waals surface area contributed by atoms with Crippen LogP contribution in [0.5, 0.6) is 11.5 Å². The maximum Gasteiger partial charge on any atom is 0.264 e. The first-order valence-corrected chi connectivity index (χ1v) is 7.87. The molecule has 0 N–H and O–H groups in total. The normalized spacial score (nSPS) is 10.5. The number of hydrogen-bond acceptors (Lipinski definition) is 6. The molecule has 25 heavy (non-hydrogen) atoms. The zero-order valence-electron chi connectivity index (χ0n) is 13.4. The molecule has 0 amide bonds. The average Bonchev–Trinajstić information content (AvgIpc) is 3.07. The summed E-state index contributed by atoms with van der Waals surface area (Å²) in [7, 11) is 1.51. The molecular formula is C18H15ClN2O4. The maximum absolute atomic E-state index is 10.8. The minimum Gasteiger partial charge on any atom is -0.493 e. The van der Waals surface area contributed by atoms with Crippen molar-refractivity contribution in [3.8, 4) is 11.5 Å². The van der Waals surface area contributed by atoms with Crippen LogP contribution in [0.2, 0.25) is 5.02 Å². The van der Waals surface area contributed by atoms with E-state index in [1.807, 2.05) is 24.3 Å². The largest absolute Gasteiger partial charge is 0.493 e. The predicted molar refractivity (Wildman–Crippen MR) is 91.3 cm³/mol. The second-order valence-electron chi connectivity index (χ2n) is 5.23. The van der Waals surface area contributed by atoms with Gasteiger partial charge in [0, 0.05) is 17.0 Å². The van der Waals surface area contributed by atoms with Crippen LogP contribution in [-0.4, -0.2) is 23.5 Å². The number of carbonyl (C=O) groups excluding carboxylic acids is 1. The van der Waals surface area contributed by atoms with Crippen molar-refractivity contribution in [1.29, 1.82) is 0 Å². The number of rotatable bonds is 7. The highest BCUT2D eigenvalue weighted by atomic mass is 35.5. The molecule has 0 aliphatic rings. The number of carbonyl (C=O) groups is 1. The van der Waals surface area contributed by atoms with Gasteiger partial charge in [0.1, 0.15) is 6.29 Å². The number of aldehydes is 1. The van der Waals surface area contributed by atoms with E-state index in [-0.39, 0.29) is 6.61 Å². The lowest BCUT2D eigenvalue weighted by Crippen LogP contribution is -1.99. The second kappa shape index (κ2) is 7.81. The van der Waals surface area contributed by atoms with Gasteiger partial charge in [-0.3, -0.25) is 4.79 Å². The molecule has 1 heterocycles. The molecule has 0 aliphatic carbocycles. The summed E-state index contributed by atoms with van der Waals surface area (Å²) in [5.74, 6) is 1.84. The lowest BCUT2D eigenvalue weighted by molar-refractivity contribution is 0.112. The number of ether oxygens (including phenoxy) is 2. The van der Waals surface area contributed by atoms with Crippen LogP contribution < -0.4 is 9.47 Å². The molecule has 0 fully saturated rings. The molecule has 1 aromatic heterocycles. The summed E-state index contributed by atoms with van der Waals surface area (Å²) in [4.78, 5) is 15.1.